The van der Waals surface area contributed by atoms with E-state index in [2.05, 4.69) is 10.6 Å². The van der Waals surface area contributed by atoms with Crippen LogP contribution >= 0.6 is 11.6 Å². The van der Waals surface area contributed by atoms with E-state index >= 15 is 0 Å². The molecule has 0 radical (unpaired) electrons. The van der Waals surface area contributed by atoms with E-state index in [9.17, 15) is 13.2 Å². The van der Waals surface area contributed by atoms with Crippen LogP contribution in [-0.2, 0) is 21.4 Å². The van der Waals surface area contributed by atoms with E-state index < -0.39 is 10.0 Å². The van der Waals surface area contributed by atoms with Crippen molar-refractivity contribution >= 4 is 38.9 Å². The summed E-state index contributed by atoms with van der Waals surface area (Å²) < 4.78 is 33.7. The van der Waals surface area contributed by atoms with Gasteiger partial charge in [-0.3, -0.25) is 4.79 Å². The molecule has 0 fully saturated rings. The zero-order chi connectivity index (χ0) is 24.0. The topological polar surface area (TPSA) is 120 Å². The first-order valence-electron chi connectivity index (χ1n) is 9.88. The van der Waals surface area contributed by atoms with Crippen LogP contribution in [-0.4, -0.2) is 28.0 Å². The van der Waals surface area contributed by atoms with E-state index in [-0.39, 0.29) is 23.2 Å². The van der Waals surface area contributed by atoms with Gasteiger partial charge in [-0.1, -0.05) is 29.3 Å². The number of aryl methyl sites for hydroxylation is 1. The molecule has 1 amide bonds. The predicted octanol–water partition coefficient (Wildman–Crippen LogP) is 3.93. The average Bonchev–Trinajstić information content (AvgIpc) is 2.77. The molecule has 8 nitrogen and oxygen atoms in total. The Bertz CT molecular complexity index is 1230. The Morgan fingerprint density at radius 3 is 2.27 bits per heavy atom. The number of rotatable bonds is 9. The van der Waals surface area contributed by atoms with Crippen LogP contribution in [0, 0.1) is 6.92 Å². The Morgan fingerprint density at radius 2 is 1.67 bits per heavy atom. The van der Waals surface area contributed by atoms with Crippen molar-refractivity contribution in [2.24, 2.45) is 5.14 Å². The monoisotopic (exact) mass is 489 g/mol. The molecule has 3 rings (SSSR count). The van der Waals surface area contributed by atoms with E-state index in [1.54, 1.807) is 24.3 Å². The average molecular weight is 490 g/mol. The molecule has 0 aromatic heterocycles. The number of amides is 1. The molecule has 0 unspecified atom stereocenters. The number of anilines is 2. The number of halogens is 1. The highest BCUT2D eigenvalue weighted by atomic mass is 35.5. The van der Waals surface area contributed by atoms with E-state index in [4.69, 9.17) is 26.2 Å². The van der Waals surface area contributed by atoms with Crippen LogP contribution in [0.25, 0.3) is 0 Å². The van der Waals surface area contributed by atoms with Crippen LogP contribution in [0.4, 0.5) is 11.4 Å². The highest BCUT2D eigenvalue weighted by Crippen LogP contribution is 2.36. The van der Waals surface area contributed by atoms with Gasteiger partial charge in [0.05, 0.1) is 17.0 Å². The fourth-order valence-electron chi connectivity index (χ4n) is 2.95. The molecule has 0 spiro atoms. The Labute approximate surface area is 197 Å². The van der Waals surface area contributed by atoms with Crippen LogP contribution in [0.3, 0.4) is 0 Å². The van der Waals surface area contributed by atoms with Crippen molar-refractivity contribution < 1.29 is 22.7 Å². The smallest absolute Gasteiger partial charge is 0.262 e. The Hall–Kier alpha value is -3.27. The summed E-state index contributed by atoms with van der Waals surface area (Å²) in [4.78, 5) is 12.3. The first-order valence-corrected chi connectivity index (χ1v) is 11.8. The summed E-state index contributed by atoms with van der Waals surface area (Å²) >= 11 is 6.38. The lowest BCUT2D eigenvalue weighted by Crippen LogP contribution is -2.20. The van der Waals surface area contributed by atoms with Gasteiger partial charge in [-0.15, -0.1) is 0 Å². The minimum Gasteiger partial charge on any atom is -0.493 e. The van der Waals surface area contributed by atoms with Gasteiger partial charge in [0.15, 0.2) is 18.1 Å². The van der Waals surface area contributed by atoms with Gasteiger partial charge in [0.2, 0.25) is 10.0 Å². The summed E-state index contributed by atoms with van der Waals surface area (Å²) in [6.07, 6.45) is 0. The molecule has 0 atom stereocenters. The Kier molecular flexibility index (Phi) is 7.80. The van der Waals surface area contributed by atoms with Crippen molar-refractivity contribution in [3.05, 3.63) is 76.8 Å². The number of nitrogens with two attached hydrogens (primary N) is 1. The number of carbonyl (C=O) groups excluding carboxylic acids is 1. The zero-order valence-corrected chi connectivity index (χ0v) is 19.7. The highest BCUT2D eigenvalue weighted by molar-refractivity contribution is 7.89. The van der Waals surface area contributed by atoms with E-state index in [1.165, 1.54) is 19.2 Å². The largest absolute Gasteiger partial charge is 0.493 e. The van der Waals surface area contributed by atoms with Crippen LogP contribution < -0.4 is 25.2 Å². The number of primary sulfonamides is 1. The molecule has 0 heterocycles. The van der Waals surface area contributed by atoms with E-state index in [0.29, 0.717) is 28.7 Å². The number of carbonyl (C=O) groups is 1. The normalized spacial score (nSPS) is 11.0. The third kappa shape index (κ3) is 6.85. The van der Waals surface area contributed by atoms with Gasteiger partial charge < -0.3 is 20.1 Å². The van der Waals surface area contributed by atoms with Gasteiger partial charge in [0.1, 0.15) is 0 Å². The molecule has 0 saturated carbocycles. The standard InChI is InChI=1S/C23H24ClN3O5S/c1-15-3-5-18(6-4-15)27-22(28)14-32-23-20(24)11-16(12-21(23)31-2)13-26-17-7-9-19(10-8-17)33(25,29)30/h3-12,26H,13-14H2,1-2H3,(H,27,28)(H2,25,29,30). The summed E-state index contributed by atoms with van der Waals surface area (Å²) in [5.74, 6) is 0.317. The molecule has 10 heteroatoms. The van der Waals surface area contributed by atoms with Crippen molar-refractivity contribution in [1.82, 2.24) is 0 Å². The van der Waals surface area contributed by atoms with Gasteiger partial charge in [-0.05, 0) is 61.0 Å². The lowest BCUT2D eigenvalue weighted by Gasteiger charge is -2.15. The van der Waals surface area contributed by atoms with E-state index in [1.807, 2.05) is 31.2 Å². The lowest BCUT2D eigenvalue weighted by atomic mass is 10.2. The number of hydrogen-bond acceptors (Lipinski definition) is 6. The van der Waals surface area contributed by atoms with Gasteiger partial charge in [0.25, 0.3) is 5.91 Å². The molecule has 0 aliphatic heterocycles. The maximum Gasteiger partial charge on any atom is 0.262 e. The second kappa shape index (κ2) is 10.6. The molecular formula is C23H24ClN3O5S. The van der Waals surface area contributed by atoms with Gasteiger partial charge >= 0.3 is 0 Å². The quantitative estimate of drug-likeness (QED) is 0.419. The number of sulfonamides is 1. The third-order valence-corrected chi connectivity index (χ3v) is 5.86. The molecule has 174 valence electrons. The van der Waals surface area contributed by atoms with Gasteiger partial charge in [0, 0.05) is 17.9 Å². The fraction of sp³-hybridized carbons (Fsp3) is 0.174. The number of methoxy groups -OCH3 is 1. The molecule has 0 aliphatic rings. The summed E-state index contributed by atoms with van der Waals surface area (Å²) in [7, 11) is -2.26. The van der Waals surface area contributed by atoms with E-state index in [0.717, 1.165) is 11.1 Å². The second-order valence-corrected chi connectivity index (χ2v) is 9.20. The lowest BCUT2D eigenvalue weighted by molar-refractivity contribution is -0.118. The minimum absolute atomic E-state index is 0.0330. The van der Waals surface area contributed by atoms with Crippen molar-refractivity contribution in [2.75, 3.05) is 24.4 Å². The number of benzene rings is 3. The summed E-state index contributed by atoms with van der Waals surface area (Å²) in [5, 5.41) is 11.3. The first kappa shape index (κ1) is 24.4. The maximum absolute atomic E-state index is 12.2. The highest BCUT2D eigenvalue weighted by Gasteiger charge is 2.14. The summed E-state index contributed by atoms with van der Waals surface area (Å²) in [6.45, 7) is 2.11. The van der Waals surface area contributed by atoms with Crippen LogP contribution in [0.2, 0.25) is 5.02 Å². The summed E-state index contributed by atoms with van der Waals surface area (Å²) in [6, 6.07) is 16.9. The molecule has 0 bridgehead atoms. The van der Waals surface area contributed by atoms with Gasteiger partial charge in [-0.2, -0.15) is 0 Å². The molecule has 3 aromatic carbocycles. The molecule has 0 aliphatic carbocycles. The SMILES string of the molecule is COc1cc(CNc2ccc(S(N)(=O)=O)cc2)cc(Cl)c1OCC(=O)Nc1ccc(C)cc1. The van der Waals surface area contributed by atoms with Crippen molar-refractivity contribution in [3.63, 3.8) is 0 Å². The Balaban J connectivity index is 1.62. The number of ether oxygens (including phenoxy) is 2. The number of hydrogen-bond donors (Lipinski definition) is 3. The second-order valence-electron chi connectivity index (χ2n) is 7.23. The van der Waals surface area contributed by atoms with Crippen LogP contribution in [0.1, 0.15) is 11.1 Å². The van der Waals surface area contributed by atoms with Crippen molar-refractivity contribution in [3.8, 4) is 11.5 Å². The van der Waals surface area contributed by atoms with Crippen molar-refractivity contribution in [2.45, 2.75) is 18.4 Å². The molecule has 4 N–H and O–H groups in total. The Morgan fingerprint density at radius 1 is 1.03 bits per heavy atom. The third-order valence-electron chi connectivity index (χ3n) is 4.65. The van der Waals surface area contributed by atoms with Crippen LogP contribution in [0.15, 0.2) is 65.6 Å². The zero-order valence-electron chi connectivity index (χ0n) is 18.1. The van der Waals surface area contributed by atoms with Crippen molar-refractivity contribution in [1.29, 1.82) is 0 Å². The molecule has 0 saturated heterocycles. The molecular weight excluding hydrogens is 466 g/mol. The fourth-order valence-corrected chi connectivity index (χ4v) is 3.76. The number of nitrogens with one attached hydrogen (secondary N) is 2. The van der Waals surface area contributed by atoms with Gasteiger partial charge in [-0.25, -0.2) is 13.6 Å². The summed E-state index contributed by atoms with van der Waals surface area (Å²) in [5.41, 5.74) is 3.26. The maximum atomic E-state index is 12.2. The minimum atomic E-state index is -3.74. The molecule has 3 aromatic rings. The molecule has 33 heavy (non-hydrogen) atoms. The predicted molar refractivity (Wildman–Crippen MR) is 128 cm³/mol. The first-order chi connectivity index (χ1) is 15.7. The van der Waals surface area contributed by atoms with Crippen LogP contribution in [0.5, 0.6) is 11.5 Å².